The first-order chi connectivity index (χ1) is 18.9. The molecule has 0 aromatic heterocycles. The highest BCUT2D eigenvalue weighted by atomic mass is 35.5. The zero-order valence-corrected chi connectivity index (χ0v) is 24.4. The quantitative estimate of drug-likeness (QED) is 0.198. The van der Waals surface area contributed by atoms with Crippen LogP contribution in [0, 0.1) is 11.8 Å². The molecule has 0 spiro atoms. The summed E-state index contributed by atoms with van der Waals surface area (Å²) in [5.41, 5.74) is 5.01. The third-order valence-electron chi connectivity index (χ3n) is 9.28. The zero-order chi connectivity index (χ0) is 27.4. The summed E-state index contributed by atoms with van der Waals surface area (Å²) in [6.07, 6.45) is 7.89. The van der Waals surface area contributed by atoms with Crippen molar-refractivity contribution in [1.82, 2.24) is 5.32 Å². The van der Waals surface area contributed by atoms with E-state index in [1.54, 1.807) is 0 Å². The normalized spacial score (nSPS) is 25.6. The Labute approximate surface area is 242 Å². The number of anilines is 1. The van der Waals surface area contributed by atoms with E-state index in [0.29, 0.717) is 48.1 Å². The summed E-state index contributed by atoms with van der Waals surface area (Å²) in [7, 11) is 0. The van der Waals surface area contributed by atoms with Gasteiger partial charge < -0.3 is 15.0 Å². The molecule has 1 heterocycles. The molecule has 4 unspecified atom stereocenters. The maximum absolute atomic E-state index is 12.6. The summed E-state index contributed by atoms with van der Waals surface area (Å²) in [5, 5.41) is 3.32. The molecule has 0 bridgehead atoms. The van der Waals surface area contributed by atoms with E-state index < -0.39 is 0 Å². The Morgan fingerprint density at radius 1 is 1.05 bits per heavy atom. The van der Waals surface area contributed by atoms with E-state index in [2.05, 4.69) is 53.5 Å². The number of nitrogens with one attached hydrogen (secondary N) is 1. The van der Waals surface area contributed by atoms with Crippen LogP contribution in [0.3, 0.4) is 0 Å². The van der Waals surface area contributed by atoms with Gasteiger partial charge >= 0.3 is 5.97 Å². The second-order valence-electron chi connectivity index (χ2n) is 11.7. The lowest BCUT2D eigenvalue weighted by Gasteiger charge is -2.54. The van der Waals surface area contributed by atoms with Gasteiger partial charge in [0.05, 0.1) is 0 Å². The Kier molecular flexibility index (Phi) is 9.08. The van der Waals surface area contributed by atoms with Crippen molar-refractivity contribution < 1.29 is 14.3 Å². The molecule has 1 saturated carbocycles. The number of hydrogen-bond acceptors (Lipinski definition) is 4. The van der Waals surface area contributed by atoms with Gasteiger partial charge in [0.15, 0.2) is 0 Å². The minimum absolute atomic E-state index is 0.0552. The van der Waals surface area contributed by atoms with Crippen molar-refractivity contribution in [3.05, 3.63) is 59.2 Å². The number of piperidine rings is 1. The lowest BCUT2D eigenvalue weighted by Crippen LogP contribution is -2.60. The van der Waals surface area contributed by atoms with Gasteiger partial charge in [0.2, 0.25) is 5.91 Å². The van der Waals surface area contributed by atoms with E-state index in [0.717, 1.165) is 63.7 Å². The van der Waals surface area contributed by atoms with Crippen LogP contribution in [0.1, 0.15) is 74.5 Å². The fraction of sp³-hybridized carbons (Fsp3) is 0.562. The molecule has 1 saturated heterocycles. The van der Waals surface area contributed by atoms with Crippen molar-refractivity contribution in [2.24, 2.45) is 11.8 Å². The molecule has 0 radical (unpaired) electrons. The summed E-state index contributed by atoms with van der Waals surface area (Å²) in [4.78, 5) is 26.9. The molecule has 210 valence electrons. The monoisotopic (exact) mass is 570 g/mol. The number of aryl methyl sites for hydroxylation is 2. The summed E-state index contributed by atoms with van der Waals surface area (Å²) in [6.45, 7) is 3.78. The minimum Gasteiger partial charge on any atom is -0.427 e. The number of halogens is 2. The number of esters is 1. The molecule has 2 fully saturated rings. The van der Waals surface area contributed by atoms with Gasteiger partial charge in [-0.05, 0) is 111 Å². The average molecular weight is 572 g/mol. The average Bonchev–Trinajstić information content (AvgIpc) is 2.92. The number of rotatable bonds is 10. The Hall–Kier alpha value is -2.24. The standard InChI is InChI=1S/C32H40Cl2N2O3/c1-32-16-15-27-26-12-10-25(21-23(26)7-11-28(27)29(32)13-14-30(37)35-32)39-31(38)4-2-3-22-5-8-24(9-6-22)36(19-17-33)20-18-34/h5-6,8-10,12,21,27-29H,2-4,7,11,13-20H2,1H3,(H,35,37). The third kappa shape index (κ3) is 6.41. The van der Waals surface area contributed by atoms with Gasteiger partial charge in [0.1, 0.15) is 5.75 Å². The highest BCUT2D eigenvalue weighted by Crippen LogP contribution is 2.53. The molecular formula is C32H40Cl2N2O3. The zero-order valence-electron chi connectivity index (χ0n) is 22.9. The number of benzene rings is 2. The van der Waals surface area contributed by atoms with Gasteiger partial charge in [-0.15, -0.1) is 23.2 Å². The molecule has 2 aliphatic carbocycles. The number of amides is 1. The molecule has 7 heteroatoms. The van der Waals surface area contributed by atoms with E-state index in [1.165, 1.54) is 16.7 Å². The fourth-order valence-corrected chi connectivity index (χ4v) is 7.77. The van der Waals surface area contributed by atoms with Crippen molar-refractivity contribution in [2.75, 3.05) is 29.7 Å². The van der Waals surface area contributed by atoms with Crippen LogP contribution in [0.5, 0.6) is 5.75 Å². The number of hydrogen-bond donors (Lipinski definition) is 1. The van der Waals surface area contributed by atoms with Crippen LogP contribution in [0.4, 0.5) is 5.69 Å². The molecule has 3 aliphatic rings. The van der Waals surface area contributed by atoms with Crippen molar-refractivity contribution in [2.45, 2.75) is 76.2 Å². The fourth-order valence-electron chi connectivity index (χ4n) is 7.36. The van der Waals surface area contributed by atoms with Gasteiger partial charge in [-0.3, -0.25) is 9.59 Å². The molecule has 2 aromatic carbocycles. The summed E-state index contributed by atoms with van der Waals surface area (Å²) in [5.74, 6) is 3.51. The number of alkyl halides is 2. The van der Waals surface area contributed by atoms with Crippen LogP contribution in [0.25, 0.3) is 0 Å². The molecule has 4 atom stereocenters. The summed E-state index contributed by atoms with van der Waals surface area (Å²) >= 11 is 11.8. The Morgan fingerprint density at radius 2 is 1.82 bits per heavy atom. The van der Waals surface area contributed by atoms with Crippen molar-refractivity contribution in [1.29, 1.82) is 0 Å². The first-order valence-corrected chi connectivity index (χ1v) is 15.6. The number of nitrogens with zero attached hydrogens (tertiary/aromatic N) is 1. The second-order valence-corrected chi connectivity index (χ2v) is 12.4. The number of ether oxygens (including phenoxy) is 1. The van der Waals surface area contributed by atoms with E-state index in [4.69, 9.17) is 27.9 Å². The van der Waals surface area contributed by atoms with Gasteiger partial charge in [0.25, 0.3) is 0 Å². The Balaban J connectivity index is 1.13. The summed E-state index contributed by atoms with van der Waals surface area (Å²) in [6, 6.07) is 14.7. The maximum atomic E-state index is 12.6. The number of carbonyl (C=O) groups excluding carboxylic acids is 2. The van der Waals surface area contributed by atoms with Gasteiger partial charge in [0, 0.05) is 48.9 Å². The molecule has 1 N–H and O–H groups in total. The lowest BCUT2D eigenvalue weighted by atomic mass is 9.55. The van der Waals surface area contributed by atoms with E-state index >= 15 is 0 Å². The smallest absolute Gasteiger partial charge is 0.311 e. The minimum atomic E-state index is -0.179. The number of carbonyl (C=O) groups is 2. The molecule has 1 amide bonds. The maximum Gasteiger partial charge on any atom is 0.311 e. The molecule has 39 heavy (non-hydrogen) atoms. The molecular weight excluding hydrogens is 531 g/mol. The molecule has 2 aromatic rings. The first kappa shape index (κ1) is 28.3. The van der Waals surface area contributed by atoms with Crippen LogP contribution >= 0.6 is 23.2 Å². The van der Waals surface area contributed by atoms with Crippen LogP contribution in [0.2, 0.25) is 0 Å². The topological polar surface area (TPSA) is 58.6 Å². The van der Waals surface area contributed by atoms with E-state index in [9.17, 15) is 9.59 Å². The van der Waals surface area contributed by atoms with Crippen molar-refractivity contribution >= 4 is 40.8 Å². The Bertz CT molecular complexity index is 1160. The lowest BCUT2D eigenvalue weighted by molar-refractivity contribution is -0.134. The summed E-state index contributed by atoms with van der Waals surface area (Å²) < 4.78 is 5.75. The SMILES string of the molecule is CC12CCC3c4ccc(OC(=O)CCCc5ccc(N(CCCl)CCCl)cc5)cc4CCC3C1CCC(=O)N2. The predicted octanol–water partition coefficient (Wildman–Crippen LogP) is 6.62. The van der Waals surface area contributed by atoms with Gasteiger partial charge in [-0.1, -0.05) is 18.2 Å². The predicted molar refractivity (Wildman–Crippen MR) is 158 cm³/mol. The largest absolute Gasteiger partial charge is 0.427 e. The van der Waals surface area contributed by atoms with Crippen molar-refractivity contribution in [3.63, 3.8) is 0 Å². The Morgan fingerprint density at radius 3 is 2.56 bits per heavy atom. The van der Waals surface area contributed by atoms with E-state index in [1.807, 2.05) is 6.07 Å². The highest BCUT2D eigenvalue weighted by Gasteiger charge is 2.50. The third-order valence-corrected chi connectivity index (χ3v) is 9.62. The molecule has 5 nitrogen and oxygen atoms in total. The first-order valence-electron chi connectivity index (χ1n) is 14.5. The van der Waals surface area contributed by atoms with Crippen LogP contribution < -0.4 is 15.0 Å². The van der Waals surface area contributed by atoms with Crippen LogP contribution in [-0.2, 0) is 22.4 Å². The van der Waals surface area contributed by atoms with Crippen LogP contribution in [0.15, 0.2) is 42.5 Å². The molecule has 1 aliphatic heterocycles. The van der Waals surface area contributed by atoms with Crippen LogP contribution in [-0.4, -0.2) is 42.3 Å². The highest BCUT2D eigenvalue weighted by molar-refractivity contribution is 6.18. The molecule has 5 rings (SSSR count). The second kappa shape index (κ2) is 12.5. The van der Waals surface area contributed by atoms with Gasteiger partial charge in [-0.25, -0.2) is 0 Å². The van der Waals surface area contributed by atoms with Crippen molar-refractivity contribution in [3.8, 4) is 5.75 Å². The van der Waals surface area contributed by atoms with E-state index in [-0.39, 0.29) is 17.4 Å². The number of fused-ring (bicyclic) bond motifs is 5. The van der Waals surface area contributed by atoms with Gasteiger partial charge in [-0.2, -0.15) is 0 Å².